The SMILES string of the molecule is Cc1noc(C)c1NC(=O)N(C)C[C@@H]1Oc2c(NS(=O)(=O)c3cccs3)cccc2C(=O)N([C@@H](C)CO)C[C@@H]1C. The highest BCUT2D eigenvalue weighted by molar-refractivity contribution is 7.94. The number of carbonyl (C=O) groups excluding carboxylic acids is 2. The average molecular weight is 592 g/mol. The minimum absolute atomic E-state index is 0.0545. The van der Waals surface area contributed by atoms with Crippen molar-refractivity contribution >= 4 is 44.7 Å². The number of benzene rings is 1. The number of aliphatic hydroxyl groups is 1. The lowest BCUT2D eigenvalue weighted by Gasteiger charge is -2.38. The van der Waals surface area contributed by atoms with Crippen molar-refractivity contribution in [3.63, 3.8) is 0 Å². The van der Waals surface area contributed by atoms with E-state index in [4.69, 9.17) is 9.26 Å². The normalized spacial score (nSPS) is 18.2. The average Bonchev–Trinajstić information content (AvgIpc) is 3.57. The molecule has 1 aliphatic rings. The van der Waals surface area contributed by atoms with Gasteiger partial charge < -0.3 is 29.5 Å². The smallest absolute Gasteiger partial charge is 0.321 e. The van der Waals surface area contributed by atoms with E-state index >= 15 is 0 Å². The molecule has 2 aromatic heterocycles. The molecule has 216 valence electrons. The number of nitrogens with one attached hydrogen (secondary N) is 2. The summed E-state index contributed by atoms with van der Waals surface area (Å²) in [4.78, 5) is 29.7. The van der Waals surface area contributed by atoms with E-state index in [0.29, 0.717) is 17.1 Å². The summed E-state index contributed by atoms with van der Waals surface area (Å²) in [6, 6.07) is 6.83. The Balaban J connectivity index is 1.69. The fraction of sp³-hybridized carbons (Fsp3) is 0.423. The van der Waals surface area contributed by atoms with Crippen LogP contribution in [0.5, 0.6) is 5.75 Å². The number of urea groups is 1. The molecular weight excluding hydrogens is 558 g/mol. The maximum absolute atomic E-state index is 13.6. The van der Waals surface area contributed by atoms with Crippen LogP contribution in [0.2, 0.25) is 0 Å². The number of rotatable bonds is 8. The standard InChI is InChI=1S/C26H33N5O7S2/c1-15-12-31(16(2)14-32)25(33)19-8-6-9-20(29-40(35,36)22-10-7-11-39-22)24(19)37-21(15)13-30(5)26(34)27-23-17(3)28-38-18(23)4/h6-11,15-16,21,29,32H,12-14H2,1-5H3,(H,27,34)/t15-,16-,21-/m0/s1. The van der Waals surface area contributed by atoms with Crippen LogP contribution in [0.15, 0.2) is 44.4 Å². The van der Waals surface area contributed by atoms with Crippen molar-refractivity contribution in [1.29, 1.82) is 0 Å². The first-order chi connectivity index (χ1) is 18.9. The van der Waals surface area contributed by atoms with Crippen LogP contribution in [0.4, 0.5) is 16.2 Å². The second-order valence-electron chi connectivity index (χ2n) is 9.85. The van der Waals surface area contributed by atoms with Crippen LogP contribution in [0.3, 0.4) is 0 Å². The van der Waals surface area contributed by atoms with Gasteiger partial charge in [0.1, 0.15) is 21.7 Å². The first-order valence-corrected chi connectivity index (χ1v) is 15.0. The van der Waals surface area contributed by atoms with Gasteiger partial charge in [-0.25, -0.2) is 13.2 Å². The number of para-hydroxylation sites is 1. The van der Waals surface area contributed by atoms with Gasteiger partial charge in [0.15, 0.2) is 11.5 Å². The fourth-order valence-corrected chi connectivity index (χ4v) is 6.43. The molecule has 0 fully saturated rings. The molecule has 1 aliphatic heterocycles. The molecule has 14 heteroatoms. The van der Waals surface area contributed by atoms with Crippen LogP contribution < -0.4 is 14.8 Å². The minimum Gasteiger partial charge on any atom is -0.485 e. The van der Waals surface area contributed by atoms with Gasteiger partial charge in [0.2, 0.25) is 0 Å². The molecule has 3 atom stereocenters. The first kappa shape index (κ1) is 29.4. The molecule has 0 radical (unpaired) electrons. The third-order valence-corrected chi connectivity index (χ3v) is 9.52. The van der Waals surface area contributed by atoms with Crippen LogP contribution in [-0.2, 0) is 10.0 Å². The van der Waals surface area contributed by atoms with E-state index < -0.39 is 34.1 Å². The molecule has 0 bridgehead atoms. The molecule has 3 heterocycles. The minimum atomic E-state index is -3.95. The molecule has 0 aliphatic carbocycles. The Morgan fingerprint density at radius 1 is 1.30 bits per heavy atom. The number of hydrogen-bond acceptors (Lipinski definition) is 9. The maximum atomic E-state index is 13.6. The summed E-state index contributed by atoms with van der Waals surface area (Å²) < 4.78 is 40.3. The van der Waals surface area contributed by atoms with Crippen LogP contribution in [0, 0.1) is 19.8 Å². The van der Waals surface area contributed by atoms with E-state index in [1.54, 1.807) is 56.3 Å². The highest BCUT2D eigenvalue weighted by atomic mass is 32.2. The number of amides is 3. The van der Waals surface area contributed by atoms with Crippen LogP contribution in [0.1, 0.15) is 35.7 Å². The van der Waals surface area contributed by atoms with Gasteiger partial charge in [0.25, 0.3) is 15.9 Å². The van der Waals surface area contributed by atoms with Crippen molar-refractivity contribution in [3.05, 3.63) is 52.7 Å². The monoisotopic (exact) mass is 591 g/mol. The Labute approximate surface area is 237 Å². The van der Waals surface area contributed by atoms with E-state index in [2.05, 4.69) is 15.2 Å². The molecule has 0 spiro atoms. The number of carbonyl (C=O) groups is 2. The topological polar surface area (TPSA) is 154 Å². The van der Waals surface area contributed by atoms with Crippen LogP contribution in [0.25, 0.3) is 0 Å². The highest BCUT2D eigenvalue weighted by Gasteiger charge is 2.35. The number of aryl methyl sites for hydroxylation is 2. The van der Waals surface area contributed by atoms with Gasteiger partial charge in [-0.3, -0.25) is 9.52 Å². The third-order valence-electron chi connectivity index (χ3n) is 6.76. The van der Waals surface area contributed by atoms with Gasteiger partial charge >= 0.3 is 6.03 Å². The zero-order valence-corrected chi connectivity index (χ0v) is 24.5. The van der Waals surface area contributed by atoms with Gasteiger partial charge in [0, 0.05) is 19.5 Å². The Bertz CT molecular complexity index is 1450. The first-order valence-electron chi connectivity index (χ1n) is 12.7. The van der Waals surface area contributed by atoms with Gasteiger partial charge in [-0.05, 0) is 44.4 Å². The molecule has 12 nitrogen and oxygen atoms in total. The molecule has 3 amide bonds. The molecule has 0 unspecified atom stereocenters. The summed E-state index contributed by atoms with van der Waals surface area (Å²) in [6.45, 7) is 7.11. The summed E-state index contributed by atoms with van der Waals surface area (Å²) in [7, 11) is -2.34. The number of aliphatic hydroxyl groups excluding tert-OH is 1. The van der Waals surface area contributed by atoms with Crippen molar-refractivity contribution < 1.29 is 32.4 Å². The Hall–Kier alpha value is -3.62. The Morgan fingerprint density at radius 3 is 2.67 bits per heavy atom. The molecule has 3 aromatic rings. The number of fused-ring (bicyclic) bond motifs is 1. The quantitative estimate of drug-likeness (QED) is 0.359. The van der Waals surface area contributed by atoms with Crippen LogP contribution in [-0.4, -0.2) is 79.3 Å². The zero-order chi connectivity index (χ0) is 29.2. The molecule has 0 saturated heterocycles. The predicted octanol–water partition coefficient (Wildman–Crippen LogP) is 3.54. The van der Waals surface area contributed by atoms with Gasteiger partial charge in [-0.1, -0.05) is 24.2 Å². The van der Waals surface area contributed by atoms with Gasteiger partial charge in [0.05, 0.1) is 30.4 Å². The Kier molecular flexibility index (Phi) is 8.71. The third kappa shape index (κ3) is 6.08. The molecule has 0 saturated carbocycles. The number of thiophene rings is 1. The Morgan fingerprint density at radius 2 is 2.05 bits per heavy atom. The summed E-state index contributed by atoms with van der Waals surface area (Å²) in [5.41, 5.74) is 1.26. The van der Waals surface area contributed by atoms with E-state index in [-0.39, 0.29) is 46.8 Å². The number of likely N-dealkylation sites (N-methyl/N-ethyl adjacent to an activating group) is 1. The van der Waals surface area contributed by atoms with E-state index in [1.807, 2.05) is 6.92 Å². The van der Waals surface area contributed by atoms with Crippen LogP contribution >= 0.6 is 11.3 Å². The second-order valence-corrected chi connectivity index (χ2v) is 12.7. The van der Waals surface area contributed by atoms with E-state index in [1.165, 1.54) is 17.0 Å². The molecular formula is C26H33N5O7S2. The number of ether oxygens (including phenoxy) is 1. The lowest BCUT2D eigenvalue weighted by Crippen LogP contribution is -2.50. The summed E-state index contributed by atoms with van der Waals surface area (Å²) >= 11 is 1.06. The highest BCUT2D eigenvalue weighted by Crippen LogP contribution is 2.36. The van der Waals surface area contributed by atoms with Crippen molar-refractivity contribution in [2.45, 2.75) is 44.0 Å². The number of anilines is 2. The maximum Gasteiger partial charge on any atom is 0.321 e. The number of aromatic nitrogens is 1. The van der Waals surface area contributed by atoms with E-state index in [9.17, 15) is 23.1 Å². The second kappa shape index (κ2) is 11.9. The van der Waals surface area contributed by atoms with E-state index in [0.717, 1.165) is 11.3 Å². The number of nitrogens with zero attached hydrogens (tertiary/aromatic N) is 3. The van der Waals surface area contributed by atoms with Crippen molar-refractivity contribution in [2.24, 2.45) is 5.92 Å². The molecule has 4 rings (SSSR count). The summed E-state index contributed by atoms with van der Waals surface area (Å²) in [5.74, 6) is -0.177. The van der Waals surface area contributed by atoms with Gasteiger partial charge in [-0.15, -0.1) is 11.3 Å². The zero-order valence-electron chi connectivity index (χ0n) is 22.9. The van der Waals surface area contributed by atoms with Crippen molar-refractivity contribution in [3.8, 4) is 5.75 Å². The lowest BCUT2D eigenvalue weighted by molar-refractivity contribution is 0.0373. The largest absolute Gasteiger partial charge is 0.485 e. The fourth-order valence-electron chi connectivity index (χ4n) is 4.37. The predicted molar refractivity (Wildman–Crippen MR) is 150 cm³/mol. The molecule has 40 heavy (non-hydrogen) atoms. The molecule has 1 aromatic carbocycles. The van der Waals surface area contributed by atoms with Crippen molar-refractivity contribution in [2.75, 3.05) is 36.8 Å². The number of hydrogen-bond donors (Lipinski definition) is 3. The van der Waals surface area contributed by atoms with Crippen molar-refractivity contribution in [1.82, 2.24) is 15.0 Å². The van der Waals surface area contributed by atoms with Gasteiger partial charge in [-0.2, -0.15) is 0 Å². The molecule has 3 N–H and O–H groups in total. The lowest BCUT2D eigenvalue weighted by atomic mass is 9.99. The number of sulfonamides is 1. The summed E-state index contributed by atoms with van der Waals surface area (Å²) in [6.07, 6.45) is -0.645. The summed E-state index contributed by atoms with van der Waals surface area (Å²) in [5, 5.41) is 18.2.